The standard InChI is InChI=1S/C22H24ClF/c1-2-17-7-12-21(15-22(17)24)20-10-8-19(9-11-20)18-5-3-16(4-6-18)13-14-23/h7-16,18H,2-6H2,1H3/b14-13+. The van der Waals surface area contributed by atoms with Gasteiger partial charge in [0.15, 0.2) is 0 Å². The van der Waals surface area contributed by atoms with E-state index in [2.05, 4.69) is 30.3 Å². The lowest BCUT2D eigenvalue weighted by atomic mass is 9.78. The summed E-state index contributed by atoms with van der Waals surface area (Å²) in [6, 6.07) is 14.2. The molecular formula is C22H24ClF. The predicted octanol–water partition coefficient (Wildman–Crippen LogP) is 7.08. The summed E-state index contributed by atoms with van der Waals surface area (Å²) in [5.74, 6) is 1.17. The first-order chi connectivity index (χ1) is 11.7. The highest BCUT2D eigenvalue weighted by molar-refractivity contribution is 6.25. The highest BCUT2D eigenvalue weighted by Gasteiger charge is 2.20. The van der Waals surface area contributed by atoms with E-state index in [0.29, 0.717) is 11.8 Å². The number of halogens is 2. The Morgan fingerprint density at radius 3 is 2.25 bits per heavy atom. The van der Waals surface area contributed by atoms with Gasteiger partial charge in [-0.1, -0.05) is 61.0 Å². The van der Waals surface area contributed by atoms with Gasteiger partial charge in [-0.2, -0.15) is 0 Å². The second kappa shape index (κ2) is 7.98. The molecule has 3 rings (SSSR count). The third-order valence-electron chi connectivity index (χ3n) is 5.27. The van der Waals surface area contributed by atoms with Crippen LogP contribution in [0.15, 0.2) is 54.1 Å². The van der Waals surface area contributed by atoms with Gasteiger partial charge in [-0.05, 0) is 72.3 Å². The van der Waals surface area contributed by atoms with Crippen molar-refractivity contribution in [1.29, 1.82) is 0 Å². The maximum atomic E-state index is 14.0. The minimum atomic E-state index is -0.107. The molecule has 0 amide bonds. The van der Waals surface area contributed by atoms with Gasteiger partial charge in [-0.15, -0.1) is 0 Å². The number of aryl methyl sites for hydroxylation is 1. The maximum absolute atomic E-state index is 14.0. The van der Waals surface area contributed by atoms with Crippen LogP contribution in [0.25, 0.3) is 11.1 Å². The highest BCUT2D eigenvalue weighted by atomic mass is 35.5. The molecule has 126 valence electrons. The van der Waals surface area contributed by atoms with Gasteiger partial charge in [0.25, 0.3) is 0 Å². The van der Waals surface area contributed by atoms with Crippen molar-refractivity contribution in [3.8, 4) is 11.1 Å². The number of hydrogen-bond donors (Lipinski definition) is 0. The molecule has 2 aromatic carbocycles. The minimum Gasteiger partial charge on any atom is -0.207 e. The summed E-state index contributed by atoms with van der Waals surface area (Å²) in [4.78, 5) is 0. The molecule has 0 unspecified atom stereocenters. The first-order valence-electron chi connectivity index (χ1n) is 8.87. The Hall–Kier alpha value is -1.60. The molecule has 2 heteroatoms. The second-order valence-corrected chi connectivity index (χ2v) is 6.96. The summed E-state index contributed by atoms with van der Waals surface area (Å²) >= 11 is 5.69. The van der Waals surface area contributed by atoms with E-state index in [9.17, 15) is 4.39 Å². The van der Waals surface area contributed by atoms with Crippen molar-refractivity contribution >= 4 is 11.6 Å². The van der Waals surface area contributed by atoms with Crippen molar-refractivity contribution in [3.05, 3.63) is 71.0 Å². The molecule has 0 aromatic heterocycles. The molecule has 0 atom stereocenters. The van der Waals surface area contributed by atoms with Crippen molar-refractivity contribution in [2.24, 2.45) is 5.92 Å². The Kier molecular flexibility index (Phi) is 5.73. The SMILES string of the molecule is CCc1ccc(-c2ccc(C3CCC(/C=C/Cl)CC3)cc2)cc1F. The van der Waals surface area contributed by atoms with Gasteiger partial charge in [-0.3, -0.25) is 0 Å². The Balaban J connectivity index is 1.71. The molecule has 0 nitrogen and oxygen atoms in total. The maximum Gasteiger partial charge on any atom is 0.127 e. The van der Waals surface area contributed by atoms with E-state index in [1.165, 1.54) is 31.2 Å². The Morgan fingerprint density at radius 2 is 1.67 bits per heavy atom. The molecule has 0 N–H and O–H groups in total. The van der Waals surface area contributed by atoms with Gasteiger partial charge in [0.05, 0.1) is 0 Å². The van der Waals surface area contributed by atoms with Crippen molar-refractivity contribution in [3.63, 3.8) is 0 Å². The fourth-order valence-electron chi connectivity index (χ4n) is 3.71. The molecule has 0 spiro atoms. The van der Waals surface area contributed by atoms with Crippen LogP contribution in [-0.4, -0.2) is 0 Å². The molecule has 0 bridgehead atoms. The van der Waals surface area contributed by atoms with E-state index >= 15 is 0 Å². The molecule has 1 fully saturated rings. The molecule has 0 aliphatic heterocycles. The normalized spacial score (nSPS) is 21.3. The third kappa shape index (κ3) is 3.89. The van der Waals surface area contributed by atoms with Crippen LogP contribution in [0, 0.1) is 11.7 Å². The van der Waals surface area contributed by atoms with Crippen LogP contribution in [-0.2, 0) is 6.42 Å². The van der Waals surface area contributed by atoms with E-state index in [-0.39, 0.29) is 5.82 Å². The zero-order valence-electron chi connectivity index (χ0n) is 14.1. The van der Waals surface area contributed by atoms with Crippen LogP contribution in [0.1, 0.15) is 49.7 Å². The van der Waals surface area contributed by atoms with E-state index in [0.717, 1.165) is 23.1 Å². The van der Waals surface area contributed by atoms with Crippen molar-refractivity contribution in [2.75, 3.05) is 0 Å². The first-order valence-corrected chi connectivity index (χ1v) is 9.30. The monoisotopic (exact) mass is 342 g/mol. The smallest absolute Gasteiger partial charge is 0.127 e. The van der Waals surface area contributed by atoms with Crippen LogP contribution >= 0.6 is 11.6 Å². The molecular weight excluding hydrogens is 319 g/mol. The van der Waals surface area contributed by atoms with E-state index < -0.39 is 0 Å². The largest absolute Gasteiger partial charge is 0.207 e. The number of rotatable bonds is 4. The summed E-state index contributed by atoms with van der Waals surface area (Å²) < 4.78 is 14.0. The van der Waals surface area contributed by atoms with Gasteiger partial charge in [0.2, 0.25) is 0 Å². The fourth-order valence-corrected chi connectivity index (χ4v) is 3.91. The number of allylic oxidation sites excluding steroid dienone is 1. The van der Waals surface area contributed by atoms with E-state index in [1.54, 1.807) is 11.6 Å². The topological polar surface area (TPSA) is 0 Å². The van der Waals surface area contributed by atoms with Crippen LogP contribution in [0.2, 0.25) is 0 Å². The lowest BCUT2D eigenvalue weighted by Crippen LogP contribution is -2.11. The molecule has 0 saturated heterocycles. The summed E-state index contributed by atoms with van der Waals surface area (Å²) in [6.45, 7) is 1.98. The van der Waals surface area contributed by atoms with Gasteiger partial charge < -0.3 is 0 Å². The summed E-state index contributed by atoms with van der Waals surface area (Å²) in [5, 5.41) is 0. The first kappa shape index (κ1) is 17.2. The predicted molar refractivity (Wildman–Crippen MR) is 101 cm³/mol. The zero-order valence-corrected chi connectivity index (χ0v) is 14.9. The Morgan fingerprint density at radius 1 is 1.00 bits per heavy atom. The van der Waals surface area contributed by atoms with E-state index in [1.807, 2.05) is 19.1 Å². The van der Waals surface area contributed by atoms with E-state index in [4.69, 9.17) is 11.6 Å². The van der Waals surface area contributed by atoms with Crippen LogP contribution in [0.5, 0.6) is 0 Å². The van der Waals surface area contributed by atoms with Crippen LogP contribution in [0.4, 0.5) is 4.39 Å². The Labute approximate surface area is 149 Å². The Bertz CT molecular complexity index is 694. The molecule has 1 saturated carbocycles. The summed E-state index contributed by atoms with van der Waals surface area (Å²) in [6.07, 6.45) is 7.69. The van der Waals surface area contributed by atoms with Gasteiger partial charge in [-0.25, -0.2) is 4.39 Å². The van der Waals surface area contributed by atoms with Crippen molar-refractivity contribution in [1.82, 2.24) is 0 Å². The molecule has 2 aromatic rings. The van der Waals surface area contributed by atoms with Crippen LogP contribution in [0.3, 0.4) is 0 Å². The average molecular weight is 343 g/mol. The average Bonchev–Trinajstić information content (AvgIpc) is 2.63. The molecule has 1 aliphatic carbocycles. The van der Waals surface area contributed by atoms with Crippen LogP contribution < -0.4 is 0 Å². The summed E-state index contributed by atoms with van der Waals surface area (Å²) in [7, 11) is 0. The van der Waals surface area contributed by atoms with Crippen molar-refractivity contribution in [2.45, 2.75) is 44.9 Å². The molecule has 1 aliphatic rings. The fraction of sp³-hybridized carbons (Fsp3) is 0.364. The molecule has 0 heterocycles. The molecule has 24 heavy (non-hydrogen) atoms. The second-order valence-electron chi connectivity index (χ2n) is 6.71. The van der Waals surface area contributed by atoms with Gasteiger partial charge in [0, 0.05) is 5.54 Å². The number of hydrogen-bond acceptors (Lipinski definition) is 0. The lowest BCUT2D eigenvalue weighted by Gasteiger charge is -2.27. The zero-order chi connectivity index (χ0) is 16.9. The van der Waals surface area contributed by atoms with Gasteiger partial charge >= 0.3 is 0 Å². The minimum absolute atomic E-state index is 0.107. The van der Waals surface area contributed by atoms with Crippen molar-refractivity contribution < 1.29 is 4.39 Å². The lowest BCUT2D eigenvalue weighted by molar-refractivity contribution is 0.376. The number of benzene rings is 2. The molecule has 0 radical (unpaired) electrons. The highest BCUT2D eigenvalue weighted by Crippen LogP contribution is 2.37. The third-order valence-corrected chi connectivity index (χ3v) is 5.41. The summed E-state index contributed by atoms with van der Waals surface area (Å²) in [5.41, 5.74) is 5.87. The van der Waals surface area contributed by atoms with Gasteiger partial charge in [0.1, 0.15) is 5.82 Å². The quantitative estimate of drug-likeness (QED) is 0.556.